The van der Waals surface area contributed by atoms with E-state index < -0.39 is 0 Å². The van der Waals surface area contributed by atoms with Crippen molar-refractivity contribution in [1.29, 1.82) is 0 Å². The zero-order valence-electron chi connectivity index (χ0n) is 9.36. The maximum atomic E-state index is 6.15. The summed E-state index contributed by atoms with van der Waals surface area (Å²) in [7, 11) is 0. The first kappa shape index (κ1) is 12.9. The largest absolute Gasteiger partial charge is 0.320 e. The Hall–Kier alpha value is -0.550. The molecule has 17 heavy (non-hydrogen) atoms. The van der Waals surface area contributed by atoms with Gasteiger partial charge in [0.05, 0.1) is 20.9 Å². The number of aryl methyl sites for hydroxylation is 1. The molecule has 3 nitrogen and oxygen atoms in total. The lowest BCUT2D eigenvalue weighted by Gasteiger charge is -2.07. The van der Waals surface area contributed by atoms with Crippen LogP contribution in [0.1, 0.15) is 30.5 Å². The summed E-state index contributed by atoms with van der Waals surface area (Å²) in [6.45, 7) is 3.00. The highest BCUT2D eigenvalue weighted by molar-refractivity contribution is 7.20. The van der Waals surface area contributed by atoms with E-state index in [1.54, 1.807) is 6.20 Å². The maximum Gasteiger partial charge on any atom is 0.0995 e. The lowest BCUT2D eigenvalue weighted by molar-refractivity contribution is 0.602. The second-order valence-corrected chi connectivity index (χ2v) is 6.08. The molecular formula is C11H13Cl2N3S. The fourth-order valence-corrected chi connectivity index (χ4v) is 3.19. The van der Waals surface area contributed by atoms with Gasteiger partial charge in [-0.2, -0.15) is 5.10 Å². The van der Waals surface area contributed by atoms with Crippen molar-refractivity contribution in [1.82, 2.24) is 9.78 Å². The van der Waals surface area contributed by atoms with Gasteiger partial charge in [0.15, 0.2) is 0 Å². The Labute approximate surface area is 114 Å². The van der Waals surface area contributed by atoms with E-state index in [2.05, 4.69) is 12.0 Å². The smallest absolute Gasteiger partial charge is 0.0995 e. The van der Waals surface area contributed by atoms with Gasteiger partial charge in [0.25, 0.3) is 0 Å². The van der Waals surface area contributed by atoms with Gasteiger partial charge in [-0.3, -0.25) is 4.68 Å². The van der Waals surface area contributed by atoms with Gasteiger partial charge in [-0.05, 0) is 12.5 Å². The van der Waals surface area contributed by atoms with Crippen LogP contribution in [-0.2, 0) is 6.54 Å². The van der Waals surface area contributed by atoms with Gasteiger partial charge in [-0.15, -0.1) is 11.3 Å². The quantitative estimate of drug-likeness (QED) is 0.932. The molecule has 1 unspecified atom stereocenters. The van der Waals surface area contributed by atoms with Gasteiger partial charge in [-0.1, -0.05) is 30.1 Å². The molecule has 0 aliphatic rings. The van der Waals surface area contributed by atoms with Gasteiger partial charge in [0.1, 0.15) is 0 Å². The van der Waals surface area contributed by atoms with Crippen LogP contribution in [0.4, 0.5) is 0 Å². The monoisotopic (exact) mass is 289 g/mol. The van der Waals surface area contributed by atoms with Crippen LogP contribution in [0.5, 0.6) is 0 Å². The Morgan fingerprint density at radius 1 is 1.53 bits per heavy atom. The van der Waals surface area contributed by atoms with Crippen LogP contribution in [0.15, 0.2) is 18.5 Å². The summed E-state index contributed by atoms with van der Waals surface area (Å²) >= 11 is 13.3. The molecule has 1 atom stereocenters. The molecule has 2 N–H and O–H groups in total. The molecule has 2 aromatic rings. The molecule has 0 saturated heterocycles. The zero-order chi connectivity index (χ0) is 12.4. The fraction of sp³-hybridized carbons (Fsp3) is 0.364. The summed E-state index contributed by atoms with van der Waals surface area (Å²) in [4.78, 5) is 0. The topological polar surface area (TPSA) is 43.8 Å². The number of nitrogens with zero attached hydrogens (tertiary/aromatic N) is 2. The molecule has 0 spiro atoms. The molecule has 0 aliphatic heterocycles. The Balaban J connectivity index is 2.24. The van der Waals surface area contributed by atoms with E-state index in [-0.39, 0.29) is 6.04 Å². The highest BCUT2D eigenvalue weighted by Crippen LogP contribution is 2.36. The molecule has 0 fully saturated rings. The average molecular weight is 290 g/mol. The maximum absolute atomic E-state index is 6.15. The van der Waals surface area contributed by atoms with Crippen LogP contribution in [0.2, 0.25) is 8.67 Å². The summed E-state index contributed by atoms with van der Waals surface area (Å²) in [5.41, 5.74) is 7.96. The lowest BCUT2D eigenvalue weighted by Crippen LogP contribution is -2.10. The van der Waals surface area contributed by atoms with E-state index in [9.17, 15) is 0 Å². The number of halogens is 2. The number of nitrogens with two attached hydrogens (primary N) is 1. The average Bonchev–Trinajstić information content (AvgIpc) is 2.85. The van der Waals surface area contributed by atoms with Crippen LogP contribution in [0.3, 0.4) is 0 Å². The fourth-order valence-electron chi connectivity index (χ4n) is 1.64. The summed E-state index contributed by atoms with van der Waals surface area (Å²) in [6, 6.07) is 1.55. The first-order valence-electron chi connectivity index (χ1n) is 5.34. The predicted octanol–water partition coefficient (Wildman–Crippen LogP) is 3.71. The second-order valence-electron chi connectivity index (χ2n) is 3.79. The van der Waals surface area contributed by atoms with Crippen LogP contribution in [0, 0.1) is 0 Å². The molecule has 92 valence electrons. The molecule has 2 rings (SSSR count). The lowest BCUT2D eigenvalue weighted by atomic mass is 10.1. The van der Waals surface area contributed by atoms with Crippen LogP contribution >= 0.6 is 34.5 Å². The third-order valence-corrected chi connectivity index (χ3v) is 4.00. The van der Waals surface area contributed by atoms with Gasteiger partial charge < -0.3 is 5.73 Å². The molecule has 6 heteroatoms. The molecule has 0 aliphatic carbocycles. The van der Waals surface area contributed by atoms with E-state index in [0.717, 1.165) is 24.1 Å². The number of hydrogen-bond donors (Lipinski definition) is 1. The summed E-state index contributed by atoms with van der Waals surface area (Å²) in [6.07, 6.45) is 4.78. The third-order valence-electron chi connectivity index (χ3n) is 2.48. The van der Waals surface area contributed by atoms with Gasteiger partial charge in [0.2, 0.25) is 0 Å². The highest BCUT2D eigenvalue weighted by atomic mass is 35.5. The van der Waals surface area contributed by atoms with Crippen molar-refractivity contribution in [3.05, 3.63) is 38.3 Å². The van der Waals surface area contributed by atoms with Crippen molar-refractivity contribution in [3.8, 4) is 0 Å². The molecule has 2 aromatic heterocycles. The molecule has 2 heterocycles. The standard InChI is InChI=1S/C11H13Cl2N3S/c1-2-3-16-6-7(5-15-16)10(14)8-4-9(12)17-11(8)13/h4-6,10H,2-3,14H2,1H3. The highest BCUT2D eigenvalue weighted by Gasteiger charge is 2.17. The molecule has 0 radical (unpaired) electrons. The van der Waals surface area contributed by atoms with Crippen LogP contribution < -0.4 is 5.73 Å². The third kappa shape index (κ3) is 2.83. The first-order chi connectivity index (χ1) is 8.11. The Morgan fingerprint density at radius 3 is 2.88 bits per heavy atom. The summed E-state index contributed by atoms with van der Waals surface area (Å²) in [5.74, 6) is 0. The SMILES string of the molecule is CCCn1cc(C(N)c2cc(Cl)sc2Cl)cn1. The molecular weight excluding hydrogens is 277 g/mol. The number of rotatable bonds is 4. The minimum atomic E-state index is -0.267. The van der Waals surface area contributed by atoms with Crippen molar-refractivity contribution in [2.45, 2.75) is 25.9 Å². The zero-order valence-corrected chi connectivity index (χ0v) is 11.7. The van der Waals surface area contributed by atoms with E-state index in [1.807, 2.05) is 16.9 Å². The normalized spacial score (nSPS) is 12.9. The minimum absolute atomic E-state index is 0.267. The van der Waals surface area contributed by atoms with Crippen LogP contribution in [0.25, 0.3) is 0 Å². The van der Waals surface area contributed by atoms with Gasteiger partial charge >= 0.3 is 0 Å². The van der Waals surface area contributed by atoms with Crippen molar-refractivity contribution in [3.63, 3.8) is 0 Å². The van der Waals surface area contributed by atoms with E-state index in [0.29, 0.717) is 8.67 Å². The van der Waals surface area contributed by atoms with Crippen molar-refractivity contribution in [2.24, 2.45) is 5.73 Å². The minimum Gasteiger partial charge on any atom is -0.320 e. The Kier molecular flexibility index (Phi) is 4.09. The molecule has 0 bridgehead atoms. The van der Waals surface area contributed by atoms with Gasteiger partial charge in [0, 0.05) is 23.9 Å². The molecule has 0 amide bonds. The van der Waals surface area contributed by atoms with Gasteiger partial charge in [-0.25, -0.2) is 0 Å². The predicted molar refractivity (Wildman–Crippen MR) is 72.9 cm³/mol. The van der Waals surface area contributed by atoms with Crippen LogP contribution in [-0.4, -0.2) is 9.78 Å². The van der Waals surface area contributed by atoms with E-state index in [1.165, 1.54) is 11.3 Å². The number of aromatic nitrogens is 2. The molecule has 0 aromatic carbocycles. The first-order valence-corrected chi connectivity index (χ1v) is 6.91. The Morgan fingerprint density at radius 2 is 2.29 bits per heavy atom. The van der Waals surface area contributed by atoms with Crippen molar-refractivity contribution >= 4 is 34.5 Å². The van der Waals surface area contributed by atoms with E-state index in [4.69, 9.17) is 28.9 Å². The summed E-state index contributed by atoms with van der Waals surface area (Å²) < 4.78 is 3.18. The summed E-state index contributed by atoms with van der Waals surface area (Å²) in [5, 5.41) is 4.25. The molecule has 0 saturated carbocycles. The number of hydrogen-bond acceptors (Lipinski definition) is 3. The van der Waals surface area contributed by atoms with Crippen molar-refractivity contribution < 1.29 is 0 Å². The second kappa shape index (κ2) is 5.40. The Bertz CT molecular complexity index is 507. The number of thiophene rings is 1. The van der Waals surface area contributed by atoms with Crippen molar-refractivity contribution in [2.75, 3.05) is 0 Å². The van der Waals surface area contributed by atoms with E-state index >= 15 is 0 Å².